The molecule has 0 spiro atoms. The lowest BCUT2D eigenvalue weighted by molar-refractivity contribution is -0.384. The number of nitrogens with zero attached hydrogens (tertiary/aromatic N) is 1. The summed E-state index contributed by atoms with van der Waals surface area (Å²) in [6.45, 7) is 0. The first-order chi connectivity index (χ1) is 11.1. The number of rotatable bonds is 5. The van der Waals surface area contributed by atoms with Gasteiger partial charge in [0.05, 0.1) is 11.0 Å². The number of hydrogen-bond donors (Lipinski definition) is 0. The maximum absolute atomic E-state index is 12.2. The van der Waals surface area contributed by atoms with Gasteiger partial charge in [-0.2, -0.15) is 21.6 Å². The van der Waals surface area contributed by atoms with Crippen molar-refractivity contribution in [3.05, 3.63) is 58.6 Å². The molecule has 11 heteroatoms. The quantitative estimate of drug-likeness (QED) is 0.338. The van der Waals surface area contributed by atoms with Crippen LogP contribution in [0.25, 0.3) is 0 Å². The number of non-ortho nitro benzene ring substituents is 1. The van der Waals surface area contributed by atoms with Crippen LogP contribution in [0.3, 0.4) is 0 Å². The largest absolute Gasteiger partial charge is 0.446 e. The van der Waals surface area contributed by atoms with Gasteiger partial charge in [-0.3, -0.25) is 10.1 Å². The van der Waals surface area contributed by atoms with Crippen molar-refractivity contribution in [1.82, 2.24) is 0 Å². The lowest BCUT2D eigenvalue weighted by Crippen LogP contribution is -2.10. The standard InChI is InChI=1S/C13H8F3NO5S2/c14-13(15,16)23-11-4-6-12(7-5-11)24(20,21)22-10-3-1-2-9(8-10)17(18)19/h1-8H. The molecule has 0 aromatic heterocycles. The van der Waals surface area contributed by atoms with Crippen LogP contribution in [0.4, 0.5) is 18.9 Å². The number of thioether (sulfide) groups is 1. The highest BCUT2D eigenvalue weighted by Crippen LogP contribution is 2.37. The molecule has 2 aromatic rings. The van der Waals surface area contributed by atoms with Crippen LogP contribution in [0, 0.1) is 10.1 Å². The van der Waals surface area contributed by atoms with Crippen LogP contribution in [0.2, 0.25) is 0 Å². The van der Waals surface area contributed by atoms with Crippen LogP contribution in [0.1, 0.15) is 0 Å². The van der Waals surface area contributed by atoms with Gasteiger partial charge in [-0.1, -0.05) is 6.07 Å². The number of nitro groups is 1. The van der Waals surface area contributed by atoms with Gasteiger partial charge in [0.1, 0.15) is 10.6 Å². The third kappa shape index (κ3) is 4.86. The number of halogens is 3. The third-order valence-corrected chi connectivity index (χ3v) is 4.58. The summed E-state index contributed by atoms with van der Waals surface area (Å²) >= 11 is -0.381. The summed E-state index contributed by atoms with van der Waals surface area (Å²) in [7, 11) is -4.33. The molecule has 0 saturated carbocycles. The topological polar surface area (TPSA) is 86.5 Å². The molecule has 0 atom stereocenters. The first-order valence-corrected chi connectivity index (χ1v) is 8.34. The van der Waals surface area contributed by atoms with Gasteiger partial charge in [0.15, 0.2) is 0 Å². The van der Waals surface area contributed by atoms with Crippen molar-refractivity contribution in [2.75, 3.05) is 0 Å². The SMILES string of the molecule is O=[N+]([O-])c1cccc(OS(=O)(=O)c2ccc(SC(F)(F)F)cc2)c1. The van der Waals surface area contributed by atoms with E-state index in [0.29, 0.717) is 0 Å². The first kappa shape index (κ1) is 18.1. The van der Waals surface area contributed by atoms with Crippen molar-refractivity contribution in [3.63, 3.8) is 0 Å². The molecule has 0 aliphatic rings. The number of alkyl halides is 3. The van der Waals surface area contributed by atoms with E-state index in [4.69, 9.17) is 4.18 Å². The van der Waals surface area contributed by atoms with Gasteiger partial charge in [0.25, 0.3) is 5.69 Å². The normalized spacial score (nSPS) is 12.0. The molecule has 0 N–H and O–H groups in total. The Labute approximate surface area is 138 Å². The molecule has 0 fully saturated rings. The molecule has 0 aliphatic carbocycles. The predicted octanol–water partition coefficient (Wildman–Crippen LogP) is 3.97. The van der Waals surface area contributed by atoms with Crippen LogP contribution >= 0.6 is 11.8 Å². The summed E-state index contributed by atoms with van der Waals surface area (Å²) in [5.74, 6) is -0.280. The number of nitro benzene ring substituents is 1. The van der Waals surface area contributed by atoms with Crippen LogP contribution in [-0.2, 0) is 10.1 Å². The van der Waals surface area contributed by atoms with Crippen molar-refractivity contribution in [2.24, 2.45) is 0 Å². The van der Waals surface area contributed by atoms with Crippen LogP contribution < -0.4 is 4.18 Å². The fraction of sp³-hybridized carbons (Fsp3) is 0.0769. The summed E-state index contributed by atoms with van der Waals surface area (Å²) in [4.78, 5) is 9.37. The monoisotopic (exact) mass is 379 g/mol. The molecule has 2 aromatic carbocycles. The van der Waals surface area contributed by atoms with Gasteiger partial charge in [-0.05, 0) is 42.1 Å². The van der Waals surface area contributed by atoms with Crippen LogP contribution in [-0.4, -0.2) is 18.8 Å². The Morgan fingerprint density at radius 1 is 1.08 bits per heavy atom. The summed E-state index contributed by atoms with van der Waals surface area (Å²) < 4.78 is 65.6. The summed E-state index contributed by atoms with van der Waals surface area (Å²) in [6.07, 6.45) is 0. The summed E-state index contributed by atoms with van der Waals surface area (Å²) in [5.41, 5.74) is -4.85. The van der Waals surface area contributed by atoms with Crippen molar-refractivity contribution >= 4 is 27.6 Å². The molecule has 128 valence electrons. The van der Waals surface area contributed by atoms with Gasteiger partial charge in [-0.15, -0.1) is 0 Å². The van der Waals surface area contributed by atoms with Gasteiger partial charge >= 0.3 is 15.6 Å². The second kappa shape index (κ2) is 6.69. The Balaban J connectivity index is 2.21. The molecule has 0 radical (unpaired) electrons. The minimum Gasteiger partial charge on any atom is -0.379 e. The molecule has 0 heterocycles. The average Bonchev–Trinajstić information content (AvgIpc) is 2.46. The second-order valence-corrected chi connectivity index (χ2v) is 7.00. The minimum atomic E-state index is -4.49. The van der Waals surface area contributed by atoms with Gasteiger partial charge in [-0.25, -0.2) is 0 Å². The second-order valence-electron chi connectivity index (χ2n) is 4.31. The fourth-order valence-corrected chi connectivity index (χ4v) is 3.09. The molecule has 2 rings (SSSR count). The maximum atomic E-state index is 12.2. The lowest BCUT2D eigenvalue weighted by Gasteiger charge is -2.08. The van der Waals surface area contributed by atoms with E-state index in [9.17, 15) is 31.7 Å². The zero-order valence-corrected chi connectivity index (χ0v) is 13.2. The highest BCUT2D eigenvalue weighted by molar-refractivity contribution is 8.00. The van der Waals surface area contributed by atoms with Crippen molar-refractivity contribution in [2.45, 2.75) is 15.3 Å². The van der Waals surface area contributed by atoms with E-state index in [0.717, 1.165) is 36.4 Å². The summed E-state index contributed by atoms with van der Waals surface area (Å²) in [6, 6.07) is 8.42. The Kier molecular flexibility index (Phi) is 5.04. The smallest absolute Gasteiger partial charge is 0.379 e. The van der Waals surface area contributed by atoms with E-state index in [1.54, 1.807) is 0 Å². The highest BCUT2D eigenvalue weighted by Gasteiger charge is 2.29. The zero-order chi connectivity index (χ0) is 18.0. The molecule has 0 unspecified atom stereocenters. The van der Waals surface area contributed by atoms with E-state index in [1.807, 2.05) is 0 Å². The minimum absolute atomic E-state index is 0.184. The van der Waals surface area contributed by atoms with Gasteiger partial charge < -0.3 is 4.18 Å². The summed E-state index contributed by atoms with van der Waals surface area (Å²) in [5, 5.41) is 10.6. The van der Waals surface area contributed by atoms with E-state index in [-0.39, 0.29) is 33.0 Å². The van der Waals surface area contributed by atoms with Gasteiger partial charge in [0, 0.05) is 11.0 Å². The Bertz CT molecular complexity index is 851. The molecule has 6 nitrogen and oxygen atoms in total. The maximum Gasteiger partial charge on any atom is 0.446 e. The van der Waals surface area contributed by atoms with E-state index in [2.05, 4.69) is 0 Å². The van der Waals surface area contributed by atoms with Crippen molar-refractivity contribution < 1.29 is 30.7 Å². The molecule has 0 saturated heterocycles. The first-order valence-electron chi connectivity index (χ1n) is 6.11. The molecule has 0 aliphatic heterocycles. The van der Waals surface area contributed by atoms with Crippen LogP contribution in [0.5, 0.6) is 5.75 Å². The van der Waals surface area contributed by atoms with E-state index >= 15 is 0 Å². The average molecular weight is 379 g/mol. The van der Waals surface area contributed by atoms with E-state index in [1.165, 1.54) is 12.1 Å². The van der Waals surface area contributed by atoms with E-state index < -0.39 is 20.5 Å². The van der Waals surface area contributed by atoms with Gasteiger partial charge in [0.2, 0.25) is 0 Å². The fourth-order valence-electron chi connectivity index (χ4n) is 1.63. The van der Waals surface area contributed by atoms with Crippen molar-refractivity contribution in [3.8, 4) is 5.75 Å². The molecule has 0 bridgehead atoms. The predicted molar refractivity (Wildman–Crippen MR) is 79.3 cm³/mol. The molecule has 0 amide bonds. The van der Waals surface area contributed by atoms with Crippen LogP contribution in [0.15, 0.2) is 58.3 Å². The Morgan fingerprint density at radius 2 is 1.71 bits per heavy atom. The molecule has 24 heavy (non-hydrogen) atoms. The lowest BCUT2D eigenvalue weighted by atomic mass is 10.3. The number of benzene rings is 2. The molecular weight excluding hydrogens is 371 g/mol. The molecular formula is C13H8F3NO5S2. The van der Waals surface area contributed by atoms with Crippen molar-refractivity contribution in [1.29, 1.82) is 0 Å². The highest BCUT2D eigenvalue weighted by atomic mass is 32.2. The number of hydrogen-bond acceptors (Lipinski definition) is 6. The Morgan fingerprint density at radius 3 is 2.25 bits per heavy atom. The Hall–Kier alpha value is -2.27. The third-order valence-electron chi connectivity index (χ3n) is 2.58. The zero-order valence-electron chi connectivity index (χ0n) is 11.6.